The summed E-state index contributed by atoms with van der Waals surface area (Å²) in [5, 5.41) is 8.56. The summed E-state index contributed by atoms with van der Waals surface area (Å²) in [7, 11) is 2.07. The Balaban J connectivity index is 1.48. The molecule has 190 valence electrons. The van der Waals surface area contributed by atoms with Crippen molar-refractivity contribution in [1.82, 2.24) is 15.5 Å². The summed E-state index contributed by atoms with van der Waals surface area (Å²) < 4.78 is 13.3. The van der Waals surface area contributed by atoms with Gasteiger partial charge in [-0.2, -0.15) is 0 Å². The van der Waals surface area contributed by atoms with E-state index in [1.807, 2.05) is 0 Å². The molecule has 0 saturated carbocycles. The van der Waals surface area contributed by atoms with Crippen molar-refractivity contribution < 1.29 is 18.8 Å². The molecule has 36 heavy (non-hydrogen) atoms. The number of nitrogens with zero attached hydrogens (tertiary/aromatic N) is 2. The molecule has 1 saturated heterocycles. The predicted molar refractivity (Wildman–Crippen MR) is 135 cm³/mol. The lowest BCUT2D eigenvalue weighted by molar-refractivity contribution is -0.123. The van der Waals surface area contributed by atoms with Crippen LogP contribution in [0, 0.1) is 11.7 Å². The summed E-state index contributed by atoms with van der Waals surface area (Å²) >= 11 is 5.97. The first kappa shape index (κ1) is 25.7. The Hall–Kier alpha value is -3.34. The van der Waals surface area contributed by atoms with E-state index in [9.17, 15) is 18.8 Å². The minimum absolute atomic E-state index is 0.0119. The van der Waals surface area contributed by atoms with Gasteiger partial charge in [-0.05, 0) is 74.8 Å². The highest BCUT2D eigenvalue weighted by Gasteiger charge is 2.49. The Bertz CT molecular complexity index is 1200. The number of benzene rings is 2. The number of rotatable bonds is 7. The Labute approximate surface area is 213 Å². The molecule has 2 aliphatic heterocycles. The lowest BCUT2D eigenvalue weighted by Crippen LogP contribution is -2.58. The quantitative estimate of drug-likeness (QED) is 0.448. The van der Waals surface area contributed by atoms with Gasteiger partial charge in [-0.15, -0.1) is 0 Å². The van der Waals surface area contributed by atoms with Crippen LogP contribution in [0.3, 0.4) is 0 Å². The average Bonchev–Trinajstić information content (AvgIpc) is 3.30. The first-order valence-corrected chi connectivity index (χ1v) is 12.0. The molecule has 1 atom stereocenters. The van der Waals surface area contributed by atoms with Crippen LogP contribution in [0.1, 0.15) is 28.8 Å². The van der Waals surface area contributed by atoms with Crippen molar-refractivity contribution in [3.8, 4) is 0 Å². The van der Waals surface area contributed by atoms with Crippen LogP contribution in [0.15, 0.2) is 47.5 Å². The van der Waals surface area contributed by atoms with Crippen LogP contribution < -0.4 is 21.7 Å². The second kappa shape index (κ2) is 10.7. The van der Waals surface area contributed by atoms with Crippen LogP contribution in [0.25, 0.3) is 0 Å². The Morgan fingerprint density at radius 3 is 2.50 bits per heavy atom. The van der Waals surface area contributed by atoms with Crippen molar-refractivity contribution in [2.45, 2.75) is 18.4 Å². The number of hydrogen-bond donors (Lipinski definition) is 4. The summed E-state index contributed by atoms with van der Waals surface area (Å²) in [6.07, 6.45) is 1.97. The third-order valence-corrected chi connectivity index (χ3v) is 6.97. The maximum Gasteiger partial charge on any atom is 0.268 e. The Morgan fingerprint density at radius 2 is 1.86 bits per heavy atom. The van der Waals surface area contributed by atoms with Crippen molar-refractivity contribution >= 4 is 40.7 Å². The van der Waals surface area contributed by atoms with Crippen LogP contribution in [0.5, 0.6) is 0 Å². The number of piperidine rings is 1. The molecule has 0 aliphatic carbocycles. The first-order chi connectivity index (χ1) is 17.2. The highest BCUT2D eigenvalue weighted by atomic mass is 35.5. The maximum absolute atomic E-state index is 13.3. The van der Waals surface area contributed by atoms with Crippen LogP contribution in [0.4, 0.5) is 10.1 Å². The summed E-state index contributed by atoms with van der Waals surface area (Å²) in [5.41, 5.74) is 5.14. The normalized spacial score (nSPS) is 20.6. The van der Waals surface area contributed by atoms with Crippen LogP contribution >= 0.6 is 11.6 Å². The van der Waals surface area contributed by atoms with Crippen LogP contribution in [0.2, 0.25) is 5.02 Å². The van der Waals surface area contributed by atoms with Gasteiger partial charge < -0.3 is 21.3 Å². The molecule has 0 aromatic heterocycles. The summed E-state index contributed by atoms with van der Waals surface area (Å²) in [6, 6.07) is 9.81. The summed E-state index contributed by atoms with van der Waals surface area (Å²) in [4.78, 5) is 44.8. The number of carbonyl (C=O) groups excluding carboxylic acids is 3. The van der Waals surface area contributed by atoms with E-state index in [1.54, 1.807) is 24.3 Å². The van der Waals surface area contributed by atoms with Gasteiger partial charge in [-0.3, -0.25) is 24.7 Å². The molecule has 11 heteroatoms. The lowest BCUT2D eigenvalue weighted by atomic mass is 9.84. The number of likely N-dealkylation sites (tertiary alicyclic amines) is 1. The minimum atomic E-state index is -1.60. The standard InChI is InChI=1S/C25H28ClFN6O3/c1-33-10-8-15(9-11-33)13-29-23(35)21-25(24(28)36,31-14-30-21)16-2-5-18(6-3-16)32-22(34)19-7-4-17(27)12-20(19)26/h2-7,12,15,31H,8-11,13-14H2,1H3,(H2,28,36)(H,29,35)(H,32,34). The van der Waals surface area contributed by atoms with E-state index in [0.29, 0.717) is 23.7 Å². The second-order valence-electron chi connectivity index (χ2n) is 9.07. The first-order valence-electron chi connectivity index (χ1n) is 11.6. The fraction of sp³-hybridized carbons (Fsp3) is 0.360. The molecule has 9 nitrogen and oxygen atoms in total. The smallest absolute Gasteiger partial charge is 0.268 e. The van der Waals surface area contributed by atoms with Crippen molar-refractivity contribution in [1.29, 1.82) is 0 Å². The molecule has 0 bridgehead atoms. The van der Waals surface area contributed by atoms with Gasteiger partial charge in [0.25, 0.3) is 11.8 Å². The molecule has 2 aromatic rings. The monoisotopic (exact) mass is 514 g/mol. The fourth-order valence-electron chi connectivity index (χ4n) is 4.53. The van der Waals surface area contributed by atoms with Gasteiger partial charge in [-0.1, -0.05) is 23.7 Å². The zero-order valence-electron chi connectivity index (χ0n) is 19.8. The third kappa shape index (κ3) is 5.25. The van der Waals surface area contributed by atoms with Gasteiger partial charge in [0.15, 0.2) is 5.54 Å². The largest absolute Gasteiger partial charge is 0.367 e. The van der Waals surface area contributed by atoms with Gasteiger partial charge in [0.05, 0.1) is 17.3 Å². The zero-order valence-corrected chi connectivity index (χ0v) is 20.6. The highest BCUT2D eigenvalue weighted by Crippen LogP contribution is 2.29. The van der Waals surface area contributed by atoms with Crippen LogP contribution in [-0.4, -0.2) is 61.7 Å². The van der Waals surface area contributed by atoms with E-state index in [1.165, 1.54) is 6.07 Å². The molecule has 0 spiro atoms. The summed E-state index contributed by atoms with van der Waals surface area (Å²) in [6.45, 7) is 2.51. The van der Waals surface area contributed by atoms with Crippen LogP contribution in [-0.2, 0) is 15.1 Å². The molecule has 1 unspecified atom stereocenters. The number of nitrogens with one attached hydrogen (secondary N) is 3. The van der Waals surface area contributed by atoms with E-state index in [0.717, 1.165) is 38.1 Å². The topological polar surface area (TPSA) is 129 Å². The van der Waals surface area contributed by atoms with Gasteiger partial charge in [0.1, 0.15) is 11.5 Å². The van der Waals surface area contributed by atoms with Crippen molar-refractivity contribution in [3.05, 3.63) is 64.4 Å². The molecule has 3 amide bonds. The minimum Gasteiger partial charge on any atom is -0.367 e. The van der Waals surface area contributed by atoms with E-state index in [2.05, 4.69) is 32.9 Å². The number of carbonyl (C=O) groups is 3. The van der Waals surface area contributed by atoms with E-state index in [4.69, 9.17) is 17.3 Å². The average molecular weight is 515 g/mol. The number of anilines is 1. The van der Waals surface area contributed by atoms with Crippen molar-refractivity contribution in [3.63, 3.8) is 0 Å². The number of nitrogens with two attached hydrogens (primary N) is 1. The van der Waals surface area contributed by atoms with Crippen molar-refractivity contribution in [2.75, 3.05) is 38.7 Å². The van der Waals surface area contributed by atoms with E-state index >= 15 is 0 Å². The highest BCUT2D eigenvalue weighted by molar-refractivity contribution is 6.47. The van der Waals surface area contributed by atoms with Gasteiger partial charge >= 0.3 is 0 Å². The maximum atomic E-state index is 13.3. The lowest BCUT2D eigenvalue weighted by Gasteiger charge is -2.30. The van der Waals surface area contributed by atoms with Crippen molar-refractivity contribution in [2.24, 2.45) is 16.6 Å². The Morgan fingerprint density at radius 1 is 1.17 bits per heavy atom. The van der Waals surface area contributed by atoms with Gasteiger partial charge in [-0.25, -0.2) is 4.39 Å². The Kier molecular flexibility index (Phi) is 7.67. The van der Waals surface area contributed by atoms with Gasteiger partial charge in [0.2, 0.25) is 5.91 Å². The molecule has 2 aromatic carbocycles. The SMILES string of the molecule is CN1CCC(CNC(=O)C2=NCNC2(C(N)=O)c2ccc(NC(=O)c3ccc(F)cc3Cl)cc2)CC1. The zero-order chi connectivity index (χ0) is 25.9. The number of halogens is 2. The van der Waals surface area contributed by atoms with E-state index < -0.39 is 29.1 Å². The number of hydrogen-bond acceptors (Lipinski definition) is 6. The molecule has 2 aliphatic rings. The fourth-order valence-corrected chi connectivity index (χ4v) is 4.78. The molecule has 1 fully saturated rings. The predicted octanol–water partition coefficient (Wildman–Crippen LogP) is 1.87. The molecule has 2 heterocycles. The number of aliphatic imine (C=N–C) groups is 1. The number of primary amides is 1. The molecular formula is C25H28ClFN6O3. The van der Waals surface area contributed by atoms with Gasteiger partial charge in [0, 0.05) is 12.2 Å². The summed E-state index contributed by atoms with van der Waals surface area (Å²) in [5.74, 6) is -1.91. The molecule has 0 radical (unpaired) electrons. The number of amides is 3. The van der Waals surface area contributed by atoms with E-state index in [-0.39, 0.29) is 23.0 Å². The molecular weight excluding hydrogens is 487 g/mol. The molecule has 4 rings (SSSR count). The second-order valence-corrected chi connectivity index (χ2v) is 9.48. The third-order valence-electron chi connectivity index (χ3n) is 6.66. The molecule has 5 N–H and O–H groups in total.